The van der Waals surface area contributed by atoms with Gasteiger partial charge in [0.15, 0.2) is 0 Å². The Morgan fingerprint density at radius 2 is 1.50 bits per heavy atom. The summed E-state index contributed by atoms with van der Waals surface area (Å²) in [7, 11) is -1.46. The predicted molar refractivity (Wildman–Crippen MR) is 131 cm³/mol. The summed E-state index contributed by atoms with van der Waals surface area (Å²) in [5, 5.41) is 3.02. The molecule has 0 unspecified atom stereocenters. The first kappa shape index (κ1) is 28.4. The Morgan fingerprint density at radius 1 is 0.900 bits per heavy atom. The normalized spacial score (nSPS) is 10.7. The van der Waals surface area contributed by atoms with E-state index in [0.717, 1.165) is 42.0 Å². The molecule has 0 saturated heterocycles. The lowest BCUT2D eigenvalue weighted by atomic mass is 10.0. The maximum absolute atomic E-state index is 12.7. The van der Waals surface area contributed by atoms with Crippen molar-refractivity contribution in [1.29, 1.82) is 0 Å². The molecule has 170 valence electrons. The lowest BCUT2D eigenvalue weighted by Gasteiger charge is -2.10. The zero-order valence-electron chi connectivity index (χ0n) is 20.4. The van der Waals surface area contributed by atoms with Crippen LogP contribution in [0.4, 0.5) is 0 Å². The van der Waals surface area contributed by atoms with Gasteiger partial charge in [0.2, 0.25) is 9.84 Å². The third-order valence-electron chi connectivity index (χ3n) is 4.77. The van der Waals surface area contributed by atoms with Crippen LogP contribution in [-0.4, -0.2) is 22.0 Å². The minimum Gasteiger partial charge on any atom is -0.320 e. The van der Waals surface area contributed by atoms with Gasteiger partial charge >= 0.3 is 0 Å². The Balaban J connectivity index is 0.000000702. The first-order valence-electron chi connectivity index (χ1n) is 11.2. The molecule has 1 N–H and O–H groups in total. The molecule has 0 amide bonds. The monoisotopic (exact) mass is 433 g/mol. The summed E-state index contributed by atoms with van der Waals surface area (Å²) in [6.45, 7) is 16.0. The van der Waals surface area contributed by atoms with Gasteiger partial charge in [-0.05, 0) is 87.2 Å². The van der Waals surface area contributed by atoms with Gasteiger partial charge in [0, 0.05) is 0 Å². The number of nitrogens with one attached hydrogen (secondary N) is 1. The van der Waals surface area contributed by atoms with E-state index >= 15 is 0 Å². The van der Waals surface area contributed by atoms with Gasteiger partial charge in [-0.1, -0.05) is 65.7 Å². The van der Waals surface area contributed by atoms with Crippen molar-refractivity contribution in [3.63, 3.8) is 0 Å². The number of aryl methyl sites for hydroxylation is 3. The SMILES string of the molecule is CCC(C)C.CCCNC.CCCc1cc(S(=O)(=O)c2cccc(C)c2)ccc1C. The molecule has 2 aromatic carbocycles. The quantitative estimate of drug-likeness (QED) is 0.525. The Kier molecular flexibility index (Phi) is 14.4. The van der Waals surface area contributed by atoms with E-state index in [1.807, 2.05) is 39.1 Å². The maximum atomic E-state index is 12.7. The summed E-state index contributed by atoms with van der Waals surface area (Å²) < 4.78 is 25.3. The van der Waals surface area contributed by atoms with Crippen LogP contribution in [0, 0.1) is 19.8 Å². The summed E-state index contributed by atoms with van der Waals surface area (Å²) >= 11 is 0. The van der Waals surface area contributed by atoms with Crippen molar-refractivity contribution in [3.05, 3.63) is 59.2 Å². The topological polar surface area (TPSA) is 46.2 Å². The second-order valence-corrected chi connectivity index (χ2v) is 10.0. The van der Waals surface area contributed by atoms with Crippen molar-refractivity contribution < 1.29 is 8.42 Å². The molecule has 0 bridgehead atoms. The van der Waals surface area contributed by atoms with Gasteiger partial charge in [0.25, 0.3) is 0 Å². The summed E-state index contributed by atoms with van der Waals surface area (Å²) in [5.41, 5.74) is 3.21. The molecule has 0 fully saturated rings. The highest BCUT2D eigenvalue weighted by Crippen LogP contribution is 2.24. The second kappa shape index (κ2) is 15.2. The fourth-order valence-electron chi connectivity index (χ4n) is 2.52. The van der Waals surface area contributed by atoms with Crippen LogP contribution < -0.4 is 5.32 Å². The summed E-state index contributed by atoms with van der Waals surface area (Å²) in [5.74, 6) is 0.884. The zero-order valence-corrected chi connectivity index (χ0v) is 21.2. The van der Waals surface area contributed by atoms with E-state index in [1.54, 1.807) is 24.3 Å². The Morgan fingerprint density at radius 3 is 1.93 bits per heavy atom. The van der Waals surface area contributed by atoms with Crippen molar-refractivity contribution in [2.75, 3.05) is 13.6 Å². The molecule has 0 radical (unpaired) electrons. The number of benzene rings is 2. The molecule has 0 saturated carbocycles. The fourth-order valence-corrected chi connectivity index (χ4v) is 3.94. The van der Waals surface area contributed by atoms with Crippen molar-refractivity contribution >= 4 is 9.84 Å². The molecule has 4 heteroatoms. The molecular formula is C26H43NO2S. The van der Waals surface area contributed by atoms with Gasteiger partial charge in [-0.15, -0.1) is 0 Å². The summed E-state index contributed by atoms with van der Waals surface area (Å²) in [6.07, 6.45) is 4.45. The first-order valence-corrected chi connectivity index (χ1v) is 12.7. The van der Waals surface area contributed by atoms with E-state index in [9.17, 15) is 8.42 Å². The third kappa shape index (κ3) is 10.4. The van der Waals surface area contributed by atoms with Crippen LogP contribution in [0.2, 0.25) is 0 Å². The van der Waals surface area contributed by atoms with E-state index in [-0.39, 0.29) is 0 Å². The van der Waals surface area contributed by atoms with E-state index in [1.165, 1.54) is 12.8 Å². The molecule has 0 atom stereocenters. The van der Waals surface area contributed by atoms with Gasteiger partial charge in [0.1, 0.15) is 0 Å². The van der Waals surface area contributed by atoms with Crippen molar-refractivity contribution in [2.24, 2.45) is 5.92 Å². The van der Waals surface area contributed by atoms with Gasteiger partial charge in [-0.3, -0.25) is 0 Å². The molecular weight excluding hydrogens is 390 g/mol. The molecule has 0 spiro atoms. The summed E-state index contributed by atoms with van der Waals surface area (Å²) in [6, 6.07) is 12.5. The molecule has 0 heterocycles. The molecule has 2 aromatic rings. The van der Waals surface area contributed by atoms with Gasteiger partial charge in [0.05, 0.1) is 9.79 Å². The van der Waals surface area contributed by atoms with Crippen LogP contribution in [-0.2, 0) is 16.3 Å². The lowest BCUT2D eigenvalue weighted by molar-refractivity contribution is 0.596. The Hall–Kier alpha value is -1.65. The van der Waals surface area contributed by atoms with E-state index < -0.39 is 9.84 Å². The Labute approximate surface area is 186 Å². The molecule has 3 nitrogen and oxygen atoms in total. The molecule has 0 aromatic heterocycles. The van der Waals surface area contributed by atoms with Gasteiger partial charge < -0.3 is 5.32 Å². The number of hydrogen-bond donors (Lipinski definition) is 1. The number of sulfone groups is 1. The number of hydrogen-bond acceptors (Lipinski definition) is 3. The highest BCUT2D eigenvalue weighted by Gasteiger charge is 2.18. The van der Waals surface area contributed by atoms with Crippen molar-refractivity contribution in [2.45, 2.75) is 83.9 Å². The minimum absolute atomic E-state index is 0.365. The maximum Gasteiger partial charge on any atom is 0.206 e. The van der Waals surface area contributed by atoms with E-state index in [0.29, 0.717) is 9.79 Å². The van der Waals surface area contributed by atoms with E-state index in [4.69, 9.17) is 0 Å². The largest absolute Gasteiger partial charge is 0.320 e. The van der Waals surface area contributed by atoms with Gasteiger partial charge in [-0.2, -0.15) is 0 Å². The predicted octanol–water partition coefficient (Wildman–Crippen LogP) is 6.76. The standard InChI is InChI=1S/C17H20O2S.C5H12.C4H11N/c1-4-6-15-12-17(10-9-14(15)3)20(18,19)16-8-5-7-13(2)11-16;1-4-5(2)3;1-3-4-5-2/h5,7-12H,4,6H2,1-3H3;5H,4H2,1-3H3;5H,3-4H2,1-2H3. The van der Waals surface area contributed by atoms with Crippen LogP contribution in [0.1, 0.15) is 70.6 Å². The van der Waals surface area contributed by atoms with Crippen LogP contribution >= 0.6 is 0 Å². The average molecular weight is 434 g/mol. The van der Waals surface area contributed by atoms with Gasteiger partial charge in [-0.25, -0.2) is 8.42 Å². The van der Waals surface area contributed by atoms with Crippen LogP contribution in [0.3, 0.4) is 0 Å². The lowest BCUT2D eigenvalue weighted by Crippen LogP contribution is -2.04. The molecule has 2 rings (SSSR count). The highest BCUT2D eigenvalue weighted by atomic mass is 32.2. The fraction of sp³-hybridized carbons (Fsp3) is 0.538. The Bertz CT molecular complexity index is 825. The zero-order chi connectivity index (χ0) is 23.2. The minimum atomic E-state index is -3.42. The molecule has 0 aliphatic rings. The third-order valence-corrected chi connectivity index (χ3v) is 6.52. The number of rotatable bonds is 7. The van der Waals surface area contributed by atoms with Crippen LogP contribution in [0.25, 0.3) is 0 Å². The molecule has 0 aliphatic heterocycles. The second-order valence-electron chi connectivity index (χ2n) is 8.06. The highest BCUT2D eigenvalue weighted by molar-refractivity contribution is 7.91. The molecule has 30 heavy (non-hydrogen) atoms. The smallest absolute Gasteiger partial charge is 0.206 e. The average Bonchev–Trinajstić information content (AvgIpc) is 2.71. The van der Waals surface area contributed by atoms with Crippen molar-refractivity contribution in [1.82, 2.24) is 5.32 Å². The van der Waals surface area contributed by atoms with Crippen LogP contribution in [0.15, 0.2) is 52.3 Å². The summed E-state index contributed by atoms with van der Waals surface area (Å²) in [4.78, 5) is 0.751. The van der Waals surface area contributed by atoms with Crippen LogP contribution in [0.5, 0.6) is 0 Å². The first-order chi connectivity index (χ1) is 14.1. The van der Waals surface area contributed by atoms with Crippen molar-refractivity contribution in [3.8, 4) is 0 Å². The molecule has 0 aliphatic carbocycles. The van der Waals surface area contributed by atoms with E-state index in [2.05, 4.69) is 39.9 Å².